The van der Waals surface area contributed by atoms with Gasteiger partial charge in [-0.3, -0.25) is 14.5 Å². The van der Waals surface area contributed by atoms with Crippen LogP contribution in [0.15, 0.2) is 85.1 Å². The second-order valence-corrected chi connectivity index (χ2v) is 9.10. The molecule has 2 atom stereocenters. The van der Waals surface area contributed by atoms with Gasteiger partial charge in [-0.2, -0.15) is 18.3 Å². The molecule has 0 unspecified atom stereocenters. The monoisotopic (exact) mass is 533 g/mol. The standard InChI is InChI=1S/C29H26F3N5O2/c1-3-36-27-22(17-34-37(27)20-12-5-4-6-13-20)24(21-14-7-8-15-23(21)33-2)25(28(36)39)35-26(38)18-10-9-11-19(16-18)29(30,31)32/h4-17,24-25,33H,3H2,1-2H3,(H,35,38)/t24-,25+/m0/s1. The number of anilines is 2. The Morgan fingerprint density at radius 2 is 1.69 bits per heavy atom. The summed E-state index contributed by atoms with van der Waals surface area (Å²) in [6.07, 6.45) is -2.93. The molecule has 0 spiro atoms. The molecule has 200 valence electrons. The minimum Gasteiger partial charge on any atom is -0.388 e. The Morgan fingerprint density at radius 3 is 2.38 bits per heavy atom. The number of alkyl halides is 3. The van der Waals surface area contributed by atoms with Crippen molar-refractivity contribution >= 4 is 23.3 Å². The number of nitrogens with zero attached hydrogens (tertiary/aromatic N) is 3. The number of amides is 2. The molecule has 0 radical (unpaired) electrons. The molecule has 2 amide bonds. The van der Waals surface area contributed by atoms with Crippen LogP contribution in [0.2, 0.25) is 0 Å². The summed E-state index contributed by atoms with van der Waals surface area (Å²) in [6.45, 7) is 2.11. The molecule has 5 rings (SSSR count). The minimum atomic E-state index is -4.61. The highest BCUT2D eigenvalue weighted by molar-refractivity contribution is 6.05. The molecule has 1 aliphatic rings. The molecule has 0 saturated carbocycles. The molecule has 0 aliphatic carbocycles. The van der Waals surface area contributed by atoms with Crippen molar-refractivity contribution in [2.24, 2.45) is 0 Å². The predicted octanol–water partition coefficient (Wildman–Crippen LogP) is 5.23. The number of rotatable bonds is 6. The number of carbonyl (C=O) groups is 2. The van der Waals surface area contributed by atoms with Crippen LogP contribution in [-0.2, 0) is 11.0 Å². The van der Waals surface area contributed by atoms with Crippen LogP contribution in [0.3, 0.4) is 0 Å². The van der Waals surface area contributed by atoms with Gasteiger partial charge in [0.1, 0.15) is 11.9 Å². The summed E-state index contributed by atoms with van der Waals surface area (Å²) < 4.78 is 41.6. The maximum Gasteiger partial charge on any atom is 0.416 e. The zero-order chi connectivity index (χ0) is 27.7. The third-order valence-corrected chi connectivity index (χ3v) is 6.85. The van der Waals surface area contributed by atoms with Crippen LogP contribution in [0.4, 0.5) is 24.7 Å². The summed E-state index contributed by atoms with van der Waals surface area (Å²) in [7, 11) is 1.76. The zero-order valence-corrected chi connectivity index (χ0v) is 21.2. The van der Waals surface area contributed by atoms with E-state index in [-0.39, 0.29) is 11.5 Å². The summed E-state index contributed by atoms with van der Waals surface area (Å²) in [6, 6.07) is 19.8. The molecule has 1 aliphatic heterocycles. The molecule has 0 saturated heterocycles. The normalized spacial score (nSPS) is 17.1. The topological polar surface area (TPSA) is 79.3 Å². The Balaban J connectivity index is 1.64. The fourth-order valence-corrected chi connectivity index (χ4v) is 5.05. The van der Waals surface area contributed by atoms with Crippen molar-refractivity contribution in [3.63, 3.8) is 0 Å². The molecule has 7 nitrogen and oxygen atoms in total. The first kappa shape index (κ1) is 26.0. The summed E-state index contributed by atoms with van der Waals surface area (Å²) >= 11 is 0. The van der Waals surface area contributed by atoms with Gasteiger partial charge in [0.05, 0.1) is 17.4 Å². The molecule has 10 heteroatoms. The van der Waals surface area contributed by atoms with E-state index in [1.807, 2.05) is 61.5 Å². The Hall–Kier alpha value is -4.60. The lowest BCUT2D eigenvalue weighted by Crippen LogP contribution is -2.55. The Kier molecular flexibility index (Phi) is 6.86. The van der Waals surface area contributed by atoms with Crippen molar-refractivity contribution < 1.29 is 22.8 Å². The number of aromatic nitrogens is 2. The van der Waals surface area contributed by atoms with Crippen molar-refractivity contribution in [1.82, 2.24) is 15.1 Å². The van der Waals surface area contributed by atoms with E-state index in [0.29, 0.717) is 17.9 Å². The molecule has 3 aromatic carbocycles. The lowest BCUT2D eigenvalue weighted by Gasteiger charge is -2.38. The Bertz CT molecular complexity index is 1520. The van der Waals surface area contributed by atoms with Crippen molar-refractivity contribution in [3.8, 4) is 5.69 Å². The van der Waals surface area contributed by atoms with Gasteiger partial charge >= 0.3 is 6.18 Å². The van der Waals surface area contributed by atoms with Crippen LogP contribution in [0.1, 0.15) is 39.9 Å². The number of fused-ring (bicyclic) bond motifs is 1. The molecule has 0 fully saturated rings. The first-order valence-electron chi connectivity index (χ1n) is 12.4. The van der Waals surface area contributed by atoms with E-state index in [9.17, 15) is 22.8 Å². The van der Waals surface area contributed by atoms with Gasteiger partial charge in [-0.1, -0.05) is 42.5 Å². The average molecular weight is 534 g/mol. The maximum atomic E-state index is 14.0. The fourth-order valence-electron chi connectivity index (χ4n) is 5.05. The second-order valence-electron chi connectivity index (χ2n) is 9.10. The van der Waals surface area contributed by atoms with Gasteiger partial charge in [0.2, 0.25) is 0 Å². The number of hydrogen-bond donors (Lipinski definition) is 2. The number of nitrogens with one attached hydrogen (secondary N) is 2. The number of halogens is 3. The average Bonchev–Trinajstić information content (AvgIpc) is 3.38. The lowest BCUT2D eigenvalue weighted by molar-refractivity contribution is -0.137. The minimum absolute atomic E-state index is 0.188. The van der Waals surface area contributed by atoms with Gasteiger partial charge in [0.25, 0.3) is 11.8 Å². The van der Waals surface area contributed by atoms with Gasteiger partial charge in [-0.05, 0) is 48.9 Å². The first-order valence-corrected chi connectivity index (χ1v) is 12.4. The highest BCUT2D eigenvalue weighted by Gasteiger charge is 2.45. The number of likely N-dealkylation sites (N-methyl/N-ethyl adjacent to an activating group) is 1. The van der Waals surface area contributed by atoms with Crippen LogP contribution in [-0.4, -0.2) is 41.2 Å². The lowest BCUT2D eigenvalue weighted by atomic mass is 9.81. The van der Waals surface area contributed by atoms with Gasteiger partial charge in [0.15, 0.2) is 0 Å². The van der Waals surface area contributed by atoms with E-state index in [0.717, 1.165) is 29.1 Å². The highest BCUT2D eigenvalue weighted by atomic mass is 19.4. The maximum absolute atomic E-state index is 14.0. The van der Waals surface area contributed by atoms with Crippen LogP contribution in [0.5, 0.6) is 0 Å². The summed E-state index contributed by atoms with van der Waals surface area (Å²) in [5.41, 5.74) is 1.83. The van der Waals surface area contributed by atoms with E-state index in [4.69, 9.17) is 0 Å². The van der Waals surface area contributed by atoms with Crippen LogP contribution in [0.25, 0.3) is 5.69 Å². The fraction of sp³-hybridized carbons (Fsp3) is 0.207. The smallest absolute Gasteiger partial charge is 0.388 e. The van der Waals surface area contributed by atoms with Gasteiger partial charge in [-0.25, -0.2) is 4.68 Å². The number of carbonyl (C=O) groups excluding carboxylic acids is 2. The van der Waals surface area contributed by atoms with Crippen molar-refractivity contribution in [2.75, 3.05) is 23.8 Å². The molecule has 1 aromatic heterocycles. The summed E-state index contributed by atoms with van der Waals surface area (Å²) in [5.74, 6) is -1.25. The van der Waals surface area contributed by atoms with E-state index in [1.165, 1.54) is 12.1 Å². The van der Waals surface area contributed by atoms with Gasteiger partial charge < -0.3 is 10.6 Å². The summed E-state index contributed by atoms with van der Waals surface area (Å²) in [4.78, 5) is 28.9. The van der Waals surface area contributed by atoms with E-state index >= 15 is 0 Å². The van der Waals surface area contributed by atoms with Crippen molar-refractivity contribution in [1.29, 1.82) is 0 Å². The van der Waals surface area contributed by atoms with Crippen molar-refractivity contribution in [2.45, 2.75) is 25.1 Å². The number of benzene rings is 3. The zero-order valence-electron chi connectivity index (χ0n) is 21.2. The Morgan fingerprint density at radius 1 is 0.974 bits per heavy atom. The highest BCUT2D eigenvalue weighted by Crippen LogP contribution is 2.43. The van der Waals surface area contributed by atoms with Crippen LogP contribution < -0.4 is 15.5 Å². The molecule has 2 N–H and O–H groups in total. The van der Waals surface area contributed by atoms with E-state index < -0.39 is 29.6 Å². The van der Waals surface area contributed by atoms with Crippen molar-refractivity contribution in [3.05, 3.63) is 107 Å². The van der Waals surface area contributed by atoms with Gasteiger partial charge in [-0.15, -0.1) is 0 Å². The first-order chi connectivity index (χ1) is 18.7. The summed E-state index contributed by atoms with van der Waals surface area (Å²) in [5, 5.41) is 10.5. The van der Waals surface area contributed by atoms with E-state index in [2.05, 4.69) is 15.7 Å². The van der Waals surface area contributed by atoms with Gasteiger partial charge in [0, 0.05) is 36.3 Å². The number of hydrogen-bond acceptors (Lipinski definition) is 4. The van der Waals surface area contributed by atoms with Crippen LogP contribution in [0, 0.1) is 0 Å². The van der Waals surface area contributed by atoms with E-state index in [1.54, 1.807) is 22.8 Å². The molecule has 4 aromatic rings. The Labute approximate surface area is 223 Å². The molecule has 2 heterocycles. The molecular weight excluding hydrogens is 507 g/mol. The van der Waals surface area contributed by atoms with Crippen LogP contribution >= 0.6 is 0 Å². The predicted molar refractivity (Wildman–Crippen MR) is 142 cm³/mol. The molecule has 39 heavy (non-hydrogen) atoms. The largest absolute Gasteiger partial charge is 0.416 e. The second kappa shape index (κ2) is 10.3. The number of para-hydroxylation sites is 2. The quantitative estimate of drug-likeness (QED) is 0.356. The third kappa shape index (κ3) is 4.73. The molecule has 0 bridgehead atoms. The third-order valence-electron chi connectivity index (χ3n) is 6.85. The molecular formula is C29H26F3N5O2. The SMILES string of the molecule is CCN1C(=O)[C@H](NC(=O)c2cccc(C(F)(F)F)c2)[C@@H](c2ccccc2NC)c2cnn(-c3ccccc3)c21.